The summed E-state index contributed by atoms with van der Waals surface area (Å²) in [7, 11) is -3.59. The molecule has 2 aromatic carbocycles. The van der Waals surface area contributed by atoms with Crippen LogP contribution in [0.4, 0.5) is 5.13 Å². The Bertz CT molecular complexity index is 1190. The van der Waals surface area contributed by atoms with Gasteiger partial charge in [-0.1, -0.05) is 30.3 Å². The number of amides is 1. The van der Waals surface area contributed by atoms with Crippen LogP contribution in [0.2, 0.25) is 0 Å². The van der Waals surface area contributed by atoms with Crippen LogP contribution >= 0.6 is 11.3 Å². The molecular formula is C23H26N4O3S2. The molecule has 0 radical (unpaired) electrons. The molecule has 0 aliphatic carbocycles. The summed E-state index contributed by atoms with van der Waals surface area (Å²) in [6.07, 6.45) is 0.851. The zero-order valence-corrected chi connectivity index (χ0v) is 19.7. The fourth-order valence-electron chi connectivity index (χ4n) is 3.61. The lowest BCUT2D eigenvalue weighted by Gasteiger charge is -2.25. The Hall–Kier alpha value is -2.59. The zero-order valence-electron chi connectivity index (χ0n) is 18.0. The van der Waals surface area contributed by atoms with Gasteiger partial charge >= 0.3 is 0 Å². The minimum atomic E-state index is -3.59. The topological polar surface area (TPSA) is 91.4 Å². The van der Waals surface area contributed by atoms with Crippen molar-refractivity contribution in [3.8, 4) is 0 Å². The lowest BCUT2D eigenvalue weighted by Crippen LogP contribution is -2.30. The molecule has 0 unspecified atom stereocenters. The van der Waals surface area contributed by atoms with Gasteiger partial charge in [0.2, 0.25) is 10.0 Å². The van der Waals surface area contributed by atoms with E-state index in [0.717, 1.165) is 31.7 Å². The van der Waals surface area contributed by atoms with Crippen LogP contribution in [0.5, 0.6) is 0 Å². The number of thiazole rings is 1. The van der Waals surface area contributed by atoms with E-state index in [0.29, 0.717) is 10.7 Å². The summed E-state index contributed by atoms with van der Waals surface area (Å²) in [6, 6.07) is 16.1. The zero-order chi connectivity index (χ0) is 22.7. The Balaban J connectivity index is 1.40. The average molecular weight is 471 g/mol. The van der Waals surface area contributed by atoms with Crippen molar-refractivity contribution in [1.29, 1.82) is 0 Å². The molecule has 0 atom stereocenters. The van der Waals surface area contributed by atoms with Crippen LogP contribution in [0.25, 0.3) is 0 Å². The van der Waals surface area contributed by atoms with E-state index >= 15 is 0 Å². The second-order valence-corrected chi connectivity index (χ2v) is 10.9. The van der Waals surface area contributed by atoms with Crippen molar-refractivity contribution >= 4 is 32.4 Å². The van der Waals surface area contributed by atoms with Crippen LogP contribution in [0.3, 0.4) is 0 Å². The van der Waals surface area contributed by atoms with E-state index in [2.05, 4.69) is 32.1 Å². The fraction of sp³-hybridized carbons (Fsp3) is 0.304. The number of carbonyl (C=O) groups is 1. The average Bonchev–Trinajstić information content (AvgIpc) is 3.15. The molecule has 168 valence electrons. The number of anilines is 1. The van der Waals surface area contributed by atoms with E-state index in [1.165, 1.54) is 46.0 Å². The van der Waals surface area contributed by atoms with Gasteiger partial charge in [0.05, 0.1) is 10.6 Å². The number of nitrogens with zero attached hydrogens (tertiary/aromatic N) is 2. The van der Waals surface area contributed by atoms with Crippen molar-refractivity contribution < 1.29 is 13.2 Å². The molecule has 0 saturated heterocycles. The van der Waals surface area contributed by atoms with E-state index in [-0.39, 0.29) is 16.8 Å². The molecule has 2 N–H and O–H groups in total. The SMILES string of the molecule is CC(C)NS(=O)(=O)c1ccc(C(=O)Nc2nc3c(s2)CN(Cc2ccccc2)CC3)cc1. The summed E-state index contributed by atoms with van der Waals surface area (Å²) >= 11 is 1.50. The summed E-state index contributed by atoms with van der Waals surface area (Å²) in [5, 5.41) is 3.42. The predicted molar refractivity (Wildman–Crippen MR) is 126 cm³/mol. The van der Waals surface area contributed by atoms with Crippen LogP contribution in [-0.2, 0) is 29.5 Å². The van der Waals surface area contributed by atoms with Crippen LogP contribution in [0.15, 0.2) is 59.5 Å². The Kier molecular flexibility index (Phi) is 6.71. The lowest BCUT2D eigenvalue weighted by atomic mass is 10.1. The van der Waals surface area contributed by atoms with E-state index in [1.807, 2.05) is 18.2 Å². The number of hydrogen-bond acceptors (Lipinski definition) is 6. The third-order valence-corrected chi connectivity index (χ3v) is 7.77. The molecule has 1 amide bonds. The molecule has 1 aromatic heterocycles. The first kappa shape index (κ1) is 22.6. The maximum atomic E-state index is 12.7. The fourth-order valence-corrected chi connectivity index (χ4v) is 5.91. The molecule has 9 heteroatoms. The highest BCUT2D eigenvalue weighted by molar-refractivity contribution is 7.89. The first-order chi connectivity index (χ1) is 15.3. The van der Waals surface area contributed by atoms with E-state index in [9.17, 15) is 13.2 Å². The molecule has 4 rings (SSSR count). The molecular weight excluding hydrogens is 444 g/mol. The number of aromatic nitrogens is 1. The maximum absolute atomic E-state index is 12.7. The first-order valence-electron chi connectivity index (χ1n) is 10.5. The standard InChI is InChI=1S/C23H26N4O3S2/c1-16(2)26-32(29,30)19-10-8-18(9-11-19)22(28)25-23-24-20-12-13-27(15-21(20)31-23)14-17-6-4-3-5-7-17/h3-11,16,26H,12-15H2,1-2H3,(H,24,25,28). The van der Waals surface area contributed by atoms with Crippen LogP contribution in [-0.4, -0.2) is 36.8 Å². The number of benzene rings is 2. The number of nitrogens with one attached hydrogen (secondary N) is 2. The van der Waals surface area contributed by atoms with Gasteiger partial charge < -0.3 is 0 Å². The number of fused-ring (bicyclic) bond motifs is 1. The Morgan fingerprint density at radius 2 is 1.84 bits per heavy atom. The molecule has 2 heterocycles. The van der Waals surface area contributed by atoms with Crippen LogP contribution < -0.4 is 10.0 Å². The molecule has 1 aliphatic heterocycles. The third kappa shape index (κ3) is 5.42. The number of rotatable bonds is 7. The van der Waals surface area contributed by atoms with Gasteiger partial charge in [-0.05, 0) is 43.7 Å². The van der Waals surface area contributed by atoms with Gasteiger partial charge in [-0.25, -0.2) is 18.1 Å². The molecule has 0 fully saturated rings. The minimum Gasteiger partial charge on any atom is -0.298 e. The second-order valence-electron chi connectivity index (χ2n) is 8.09. The summed E-state index contributed by atoms with van der Waals surface area (Å²) < 4.78 is 27.0. The summed E-state index contributed by atoms with van der Waals surface area (Å²) in [5.74, 6) is -0.307. The quantitative estimate of drug-likeness (QED) is 0.550. The van der Waals surface area contributed by atoms with Crippen molar-refractivity contribution in [1.82, 2.24) is 14.6 Å². The van der Waals surface area contributed by atoms with Crippen molar-refractivity contribution in [2.75, 3.05) is 11.9 Å². The van der Waals surface area contributed by atoms with Gasteiger partial charge in [-0.2, -0.15) is 0 Å². The lowest BCUT2D eigenvalue weighted by molar-refractivity contribution is 0.102. The van der Waals surface area contributed by atoms with Crippen LogP contribution in [0, 0.1) is 0 Å². The van der Waals surface area contributed by atoms with Gasteiger partial charge in [0.15, 0.2) is 5.13 Å². The molecule has 3 aromatic rings. The minimum absolute atomic E-state index is 0.131. The molecule has 1 aliphatic rings. The monoisotopic (exact) mass is 470 g/mol. The highest BCUT2D eigenvalue weighted by Gasteiger charge is 2.22. The van der Waals surface area contributed by atoms with Gasteiger partial charge in [-0.15, -0.1) is 11.3 Å². The van der Waals surface area contributed by atoms with Gasteiger partial charge in [0, 0.05) is 42.5 Å². The number of sulfonamides is 1. The Morgan fingerprint density at radius 3 is 2.53 bits per heavy atom. The molecule has 0 bridgehead atoms. The normalized spacial score (nSPS) is 14.3. The molecule has 0 spiro atoms. The van der Waals surface area contributed by atoms with Crippen molar-refractivity contribution in [3.63, 3.8) is 0 Å². The largest absolute Gasteiger partial charge is 0.298 e. The number of carbonyl (C=O) groups excluding carboxylic acids is 1. The molecule has 0 saturated carbocycles. The van der Waals surface area contributed by atoms with E-state index in [1.54, 1.807) is 13.8 Å². The first-order valence-corrected chi connectivity index (χ1v) is 12.8. The van der Waals surface area contributed by atoms with Crippen molar-refractivity contribution in [2.45, 2.75) is 44.3 Å². The summed E-state index contributed by atoms with van der Waals surface area (Å²) in [6.45, 7) is 6.15. The summed E-state index contributed by atoms with van der Waals surface area (Å²) in [5.41, 5.74) is 2.70. The summed E-state index contributed by atoms with van der Waals surface area (Å²) in [4.78, 5) is 20.9. The smallest absolute Gasteiger partial charge is 0.257 e. The highest BCUT2D eigenvalue weighted by atomic mass is 32.2. The maximum Gasteiger partial charge on any atom is 0.257 e. The van der Waals surface area contributed by atoms with Crippen molar-refractivity contribution in [3.05, 3.63) is 76.3 Å². The molecule has 32 heavy (non-hydrogen) atoms. The number of hydrogen-bond donors (Lipinski definition) is 2. The predicted octanol–water partition coefficient (Wildman–Crippen LogP) is 3.64. The Labute approximate surface area is 192 Å². The van der Waals surface area contributed by atoms with Crippen molar-refractivity contribution in [2.24, 2.45) is 0 Å². The van der Waals surface area contributed by atoms with Gasteiger partial charge in [-0.3, -0.25) is 15.0 Å². The Morgan fingerprint density at radius 1 is 1.12 bits per heavy atom. The third-order valence-electron chi connectivity index (χ3n) is 5.10. The van der Waals surface area contributed by atoms with Crippen LogP contribution in [0.1, 0.15) is 40.3 Å². The van der Waals surface area contributed by atoms with E-state index < -0.39 is 10.0 Å². The second kappa shape index (κ2) is 9.50. The highest BCUT2D eigenvalue weighted by Crippen LogP contribution is 2.29. The molecule has 7 nitrogen and oxygen atoms in total. The van der Waals surface area contributed by atoms with Gasteiger partial charge in [0.25, 0.3) is 5.91 Å². The van der Waals surface area contributed by atoms with Gasteiger partial charge in [0.1, 0.15) is 0 Å². The van der Waals surface area contributed by atoms with E-state index in [4.69, 9.17) is 0 Å².